The molecule has 2 nitrogen and oxygen atoms in total. The summed E-state index contributed by atoms with van der Waals surface area (Å²) < 4.78 is 103. The third kappa shape index (κ3) is 5.70. The Labute approximate surface area is 225 Å². The average Bonchev–Trinajstić information content (AvgIpc) is 2.91. The van der Waals surface area contributed by atoms with Crippen molar-refractivity contribution in [2.45, 2.75) is 43.8 Å². The van der Waals surface area contributed by atoms with Gasteiger partial charge in [-0.05, 0) is 71.6 Å². The van der Waals surface area contributed by atoms with E-state index in [-0.39, 0.29) is 23.8 Å². The summed E-state index contributed by atoms with van der Waals surface area (Å²) in [5, 5.41) is 9.72. The highest BCUT2D eigenvalue weighted by atomic mass is 19.3. The molecule has 0 aromatic heterocycles. The van der Waals surface area contributed by atoms with Crippen LogP contribution >= 0.6 is 0 Å². The van der Waals surface area contributed by atoms with Gasteiger partial charge >= 0.3 is 6.11 Å². The van der Waals surface area contributed by atoms with Crippen LogP contribution < -0.4 is 4.74 Å². The molecule has 0 bridgehead atoms. The largest absolute Gasteiger partial charge is 0.432 e. The van der Waals surface area contributed by atoms with Crippen molar-refractivity contribution in [1.82, 2.24) is 0 Å². The summed E-state index contributed by atoms with van der Waals surface area (Å²) >= 11 is 0. The van der Waals surface area contributed by atoms with E-state index in [1.54, 1.807) is 24.3 Å². The van der Waals surface area contributed by atoms with Crippen molar-refractivity contribution in [2.24, 2.45) is 0 Å². The Kier molecular flexibility index (Phi) is 7.59. The molecule has 40 heavy (non-hydrogen) atoms. The van der Waals surface area contributed by atoms with Crippen LogP contribution in [0.3, 0.4) is 0 Å². The first-order valence-electron chi connectivity index (χ1n) is 12.6. The number of rotatable bonds is 6. The first kappa shape index (κ1) is 27.7. The van der Waals surface area contributed by atoms with Gasteiger partial charge in [-0.25, -0.2) is 22.0 Å². The molecule has 1 aliphatic rings. The molecule has 1 fully saturated rings. The van der Waals surface area contributed by atoms with Gasteiger partial charge in [-0.1, -0.05) is 48.5 Å². The Bertz CT molecular complexity index is 1460. The van der Waals surface area contributed by atoms with Crippen LogP contribution in [0.5, 0.6) is 5.75 Å². The summed E-state index contributed by atoms with van der Waals surface area (Å²) in [5.41, 5.74) is 1.54. The normalized spacial score (nSPS) is 17.6. The Morgan fingerprint density at radius 3 is 1.55 bits per heavy atom. The van der Waals surface area contributed by atoms with E-state index in [1.807, 2.05) is 24.3 Å². The summed E-state index contributed by atoms with van der Waals surface area (Å²) in [6.07, 6.45) is -1.44. The quantitative estimate of drug-likeness (QED) is 0.189. The van der Waals surface area contributed by atoms with Crippen LogP contribution in [0.15, 0.2) is 72.8 Å². The molecule has 0 atom stereocenters. The van der Waals surface area contributed by atoms with Crippen LogP contribution in [0.1, 0.15) is 42.7 Å². The molecule has 1 N–H and O–H groups in total. The zero-order chi connectivity index (χ0) is 28.6. The Balaban J connectivity index is 1.34. The molecule has 5 rings (SSSR count). The first-order chi connectivity index (χ1) is 19.0. The van der Waals surface area contributed by atoms with Crippen molar-refractivity contribution in [3.05, 3.63) is 113 Å². The Morgan fingerprint density at radius 1 is 0.600 bits per heavy atom. The Morgan fingerprint density at radius 2 is 1.05 bits per heavy atom. The van der Waals surface area contributed by atoms with Crippen molar-refractivity contribution < 1.29 is 40.6 Å². The van der Waals surface area contributed by atoms with E-state index in [1.165, 1.54) is 5.56 Å². The first-order valence-corrected chi connectivity index (χ1v) is 12.6. The highest BCUT2D eigenvalue weighted by Gasteiger charge is 2.41. The molecule has 0 aliphatic heterocycles. The molecular weight excluding hydrogens is 537 g/mol. The second-order valence-electron chi connectivity index (χ2n) is 9.84. The van der Waals surface area contributed by atoms with Crippen LogP contribution in [0.2, 0.25) is 0 Å². The van der Waals surface area contributed by atoms with E-state index in [0.717, 1.165) is 36.8 Å². The van der Waals surface area contributed by atoms with Crippen molar-refractivity contribution >= 4 is 0 Å². The van der Waals surface area contributed by atoms with E-state index >= 15 is 0 Å². The van der Waals surface area contributed by atoms with Gasteiger partial charge in [-0.2, -0.15) is 8.78 Å². The van der Waals surface area contributed by atoms with Crippen molar-refractivity contribution in [3.63, 3.8) is 0 Å². The minimum absolute atomic E-state index is 0.0187. The molecule has 1 aliphatic carbocycles. The third-order valence-corrected chi connectivity index (χ3v) is 7.17. The number of aliphatic hydroxyl groups excluding tert-OH is 1. The molecule has 1 saturated carbocycles. The van der Waals surface area contributed by atoms with Crippen molar-refractivity contribution in [3.8, 4) is 28.0 Å². The lowest BCUT2D eigenvalue weighted by atomic mass is 9.82. The molecule has 0 unspecified atom stereocenters. The standard InChI is InChI=1S/C31H23F7O2/c32-25-13-22(14-26(33)29(25)31(37,38)40-24-15-27(34)30(36)28(35)16-24)21-7-5-18(6-8-21)17-1-3-19(4-2-17)20-9-11-23(39)12-10-20/h1-8,13-16,20,23,39H,9-12H2. The lowest BCUT2D eigenvalue weighted by Gasteiger charge is -2.25. The van der Waals surface area contributed by atoms with Gasteiger partial charge in [-0.3, -0.25) is 0 Å². The van der Waals surface area contributed by atoms with E-state index in [4.69, 9.17) is 0 Å². The smallest absolute Gasteiger partial charge is 0.429 e. The number of hydrogen-bond acceptors (Lipinski definition) is 2. The van der Waals surface area contributed by atoms with Crippen LogP contribution in [0.4, 0.5) is 30.7 Å². The van der Waals surface area contributed by atoms with Crippen molar-refractivity contribution in [2.75, 3.05) is 0 Å². The molecule has 0 saturated heterocycles. The van der Waals surface area contributed by atoms with E-state index < -0.39 is 46.5 Å². The molecule has 0 heterocycles. The van der Waals surface area contributed by atoms with Crippen LogP contribution in [0, 0.1) is 29.1 Å². The van der Waals surface area contributed by atoms with Crippen LogP contribution in [-0.2, 0) is 6.11 Å². The summed E-state index contributed by atoms with van der Waals surface area (Å²) in [5.74, 6) is -9.52. The highest BCUT2D eigenvalue weighted by Crippen LogP contribution is 2.38. The fourth-order valence-corrected chi connectivity index (χ4v) is 5.02. The van der Waals surface area contributed by atoms with E-state index in [2.05, 4.69) is 4.74 Å². The number of benzene rings is 4. The second kappa shape index (κ2) is 11.0. The maximum Gasteiger partial charge on any atom is 0.432 e. The van der Waals surface area contributed by atoms with E-state index in [9.17, 15) is 35.8 Å². The lowest BCUT2D eigenvalue weighted by molar-refractivity contribution is -0.189. The minimum Gasteiger partial charge on any atom is -0.429 e. The van der Waals surface area contributed by atoms with Gasteiger partial charge in [0.05, 0.1) is 6.10 Å². The SMILES string of the molecule is OC1CCC(c2ccc(-c3ccc(-c4cc(F)c(C(F)(F)Oc5cc(F)c(F)c(F)c5)c(F)c4)cc3)cc2)CC1. The maximum atomic E-state index is 14.8. The highest BCUT2D eigenvalue weighted by molar-refractivity contribution is 5.71. The minimum atomic E-state index is -4.66. The van der Waals surface area contributed by atoms with Gasteiger partial charge in [0.25, 0.3) is 0 Å². The summed E-state index contributed by atoms with van der Waals surface area (Å²) in [7, 11) is 0. The zero-order valence-electron chi connectivity index (χ0n) is 20.9. The van der Waals surface area contributed by atoms with Crippen LogP contribution in [0.25, 0.3) is 22.3 Å². The van der Waals surface area contributed by atoms with Gasteiger partial charge in [0.2, 0.25) is 0 Å². The van der Waals surface area contributed by atoms with Crippen molar-refractivity contribution in [1.29, 1.82) is 0 Å². The number of alkyl halides is 2. The molecule has 208 valence electrons. The summed E-state index contributed by atoms with van der Waals surface area (Å²) in [6.45, 7) is 0. The van der Waals surface area contributed by atoms with Gasteiger partial charge < -0.3 is 9.84 Å². The van der Waals surface area contributed by atoms with Crippen LogP contribution in [-0.4, -0.2) is 11.2 Å². The monoisotopic (exact) mass is 560 g/mol. The number of hydrogen-bond donors (Lipinski definition) is 1. The van der Waals surface area contributed by atoms with Gasteiger partial charge in [0.15, 0.2) is 17.5 Å². The predicted octanol–water partition coefficient (Wildman–Crippen LogP) is 8.86. The Hall–Kier alpha value is -3.85. The topological polar surface area (TPSA) is 29.5 Å². The molecule has 0 spiro atoms. The van der Waals surface area contributed by atoms with Gasteiger partial charge in [0.1, 0.15) is 22.9 Å². The van der Waals surface area contributed by atoms with Gasteiger partial charge in [0, 0.05) is 12.1 Å². The molecule has 4 aromatic rings. The zero-order valence-corrected chi connectivity index (χ0v) is 20.9. The van der Waals surface area contributed by atoms with Gasteiger partial charge in [-0.15, -0.1) is 0 Å². The fraction of sp³-hybridized carbons (Fsp3) is 0.226. The average molecular weight is 561 g/mol. The molecular formula is C31H23F7O2. The molecule has 0 radical (unpaired) electrons. The summed E-state index contributed by atoms with van der Waals surface area (Å²) in [4.78, 5) is 0. The molecule has 4 aromatic carbocycles. The second-order valence-corrected chi connectivity index (χ2v) is 9.84. The number of ether oxygens (including phenoxy) is 1. The molecule has 0 amide bonds. The summed E-state index contributed by atoms with van der Waals surface area (Å²) in [6, 6.07) is 16.4. The lowest BCUT2D eigenvalue weighted by Crippen LogP contribution is -2.25. The molecule has 9 heteroatoms. The maximum absolute atomic E-state index is 14.8. The van der Waals surface area contributed by atoms with E-state index in [0.29, 0.717) is 23.6 Å². The fourth-order valence-electron chi connectivity index (χ4n) is 5.02. The number of aliphatic hydroxyl groups is 1. The predicted molar refractivity (Wildman–Crippen MR) is 135 cm³/mol. The number of halogens is 7. The third-order valence-electron chi connectivity index (χ3n) is 7.17.